The second kappa shape index (κ2) is 15.4. The van der Waals surface area contributed by atoms with E-state index >= 15 is 0 Å². The number of aromatic nitrogens is 2. The highest BCUT2D eigenvalue weighted by Crippen LogP contribution is 2.42. The van der Waals surface area contributed by atoms with E-state index in [0.29, 0.717) is 17.9 Å². The predicted molar refractivity (Wildman–Crippen MR) is 182 cm³/mol. The van der Waals surface area contributed by atoms with Crippen molar-refractivity contribution >= 4 is 52.6 Å². The number of rotatable bonds is 15. The Bertz CT molecular complexity index is 1830. The molecule has 2 N–H and O–H groups in total. The number of phosphoric acid groups is 1. The van der Waals surface area contributed by atoms with Gasteiger partial charge in [-0.2, -0.15) is 10.2 Å². The van der Waals surface area contributed by atoms with Gasteiger partial charge in [0.15, 0.2) is 0 Å². The van der Waals surface area contributed by atoms with Crippen molar-refractivity contribution in [1.82, 2.24) is 4.98 Å². The van der Waals surface area contributed by atoms with E-state index in [0.717, 1.165) is 52.2 Å². The van der Waals surface area contributed by atoms with Gasteiger partial charge < -0.3 is 19.8 Å². The third-order valence-corrected chi connectivity index (χ3v) is 8.65. The molecule has 0 bridgehead atoms. The van der Waals surface area contributed by atoms with Crippen LogP contribution in [-0.2, 0) is 13.6 Å². The third kappa shape index (κ3) is 7.93. The highest BCUT2D eigenvalue weighted by molar-refractivity contribution is 7.47. The van der Waals surface area contributed by atoms with Crippen molar-refractivity contribution in [2.45, 2.75) is 20.8 Å². The zero-order chi connectivity index (χ0) is 32.5. The van der Waals surface area contributed by atoms with E-state index in [1.54, 1.807) is 6.92 Å². The average Bonchev–Trinajstić information content (AvgIpc) is 3.07. The van der Waals surface area contributed by atoms with Gasteiger partial charge in [0, 0.05) is 61.8 Å². The minimum absolute atomic E-state index is 0.0406. The van der Waals surface area contributed by atoms with E-state index in [4.69, 9.17) is 14.0 Å². The fourth-order valence-electron chi connectivity index (χ4n) is 5.34. The second-order valence-electron chi connectivity index (χ2n) is 10.4. The van der Waals surface area contributed by atoms with Crippen molar-refractivity contribution in [3.8, 4) is 5.69 Å². The highest BCUT2D eigenvalue weighted by Gasteiger charge is 2.22. The van der Waals surface area contributed by atoms with Gasteiger partial charge in [-0.25, -0.2) is 9.55 Å². The van der Waals surface area contributed by atoms with E-state index in [9.17, 15) is 14.6 Å². The van der Waals surface area contributed by atoms with Crippen LogP contribution in [-0.4, -0.2) is 61.0 Å². The number of hydrogen-bond acceptors (Lipinski definition) is 9. The lowest BCUT2D eigenvalue weighted by atomic mass is 10.1. The first kappa shape index (κ1) is 33.1. The number of anilines is 2. The molecule has 0 aliphatic heterocycles. The minimum Gasteiger partial charge on any atom is -0.395 e. The van der Waals surface area contributed by atoms with Gasteiger partial charge in [-0.15, -0.1) is 4.57 Å². The Hall–Kier alpha value is -4.25. The first-order chi connectivity index (χ1) is 22.4. The summed E-state index contributed by atoms with van der Waals surface area (Å²) in [4.78, 5) is 18.8. The Morgan fingerprint density at radius 3 is 2.07 bits per heavy atom. The zero-order valence-electron chi connectivity index (χ0n) is 26.4. The summed E-state index contributed by atoms with van der Waals surface area (Å²) in [7, 11) is -4.09. The Morgan fingerprint density at radius 1 is 0.761 bits per heavy atom. The number of aliphatic hydroxyl groups excluding tert-OH is 1. The smallest absolute Gasteiger partial charge is 0.395 e. The van der Waals surface area contributed by atoms with Gasteiger partial charge in [0.25, 0.3) is 0 Å². The molecular formula is C34H40N6O5P+. The van der Waals surface area contributed by atoms with Crippen molar-refractivity contribution in [3.05, 3.63) is 91.0 Å². The number of aliphatic hydroxyl groups is 1. The predicted octanol–water partition coefficient (Wildman–Crippen LogP) is 6.88. The molecule has 0 amide bonds. The van der Waals surface area contributed by atoms with Crippen molar-refractivity contribution in [2.24, 2.45) is 10.2 Å². The molecule has 1 aromatic heterocycles. The first-order valence-corrected chi connectivity index (χ1v) is 16.9. The molecule has 0 aliphatic rings. The quantitative estimate of drug-likeness (QED) is 0.0548. The van der Waals surface area contributed by atoms with E-state index in [2.05, 4.69) is 63.9 Å². The van der Waals surface area contributed by atoms with Crippen molar-refractivity contribution < 1.29 is 28.2 Å². The Labute approximate surface area is 269 Å². The molecule has 1 unspecified atom stereocenters. The second-order valence-corrected chi connectivity index (χ2v) is 11.9. The van der Waals surface area contributed by atoms with Gasteiger partial charge in [0.2, 0.25) is 16.7 Å². The van der Waals surface area contributed by atoms with Crippen molar-refractivity contribution in [1.29, 1.82) is 0 Å². The lowest BCUT2D eigenvalue weighted by Crippen LogP contribution is -2.33. The lowest BCUT2D eigenvalue weighted by Gasteiger charge is -2.24. The molecule has 0 spiro atoms. The van der Waals surface area contributed by atoms with Gasteiger partial charge in [0.05, 0.1) is 31.2 Å². The van der Waals surface area contributed by atoms with Gasteiger partial charge in [-0.05, 0) is 69.3 Å². The summed E-state index contributed by atoms with van der Waals surface area (Å²) in [5.41, 5.74) is 7.99. The monoisotopic (exact) mass is 643 g/mol. The molecule has 1 heterocycles. The first-order valence-electron chi connectivity index (χ1n) is 15.4. The lowest BCUT2D eigenvalue weighted by molar-refractivity contribution is -0.538. The molecule has 46 heavy (non-hydrogen) atoms. The number of fused-ring (bicyclic) bond motifs is 2. The Balaban J connectivity index is 1.43. The van der Waals surface area contributed by atoms with E-state index in [1.807, 2.05) is 65.6 Å². The normalized spacial score (nSPS) is 13.0. The van der Waals surface area contributed by atoms with Gasteiger partial charge in [0.1, 0.15) is 11.0 Å². The van der Waals surface area contributed by atoms with Gasteiger partial charge in [-0.1, -0.05) is 18.2 Å². The Morgan fingerprint density at radius 2 is 1.39 bits per heavy atom. The summed E-state index contributed by atoms with van der Waals surface area (Å²) in [6.07, 6.45) is 0. The SMILES string of the molecule is CCOP(=O)(O)OCCN(CCO)c1ccc(/N=N/c2ccc3nc4ccc(N(CC)CC)cc4[n+](-c4ccccc4)c3c2)cc1. The number of hydrogen-bond donors (Lipinski definition) is 2. The molecule has 240 valence electrons. The van der Waals surface area contributed by atoms with Crippen LogP contribution >= 0.6 is 7.82 Å². The van der Waals surface area contributed by atoms with Crippen LogP contribution in [0.25, 0.3) is 27.8 Å². The summed E-state index contributed by atoms with van der Waals surface area (Å²) < 4.78 is 23.8. The zero-order valence-corrected chi connectivity index (χ0v) is 27.3. The molecule has 5 aromatic rings. The summed E-state index contributed by atoms with van der Waals surface area (Å²) >= 11 is 0. The fraction of sp³-hybridized carbons (Fsp3) is 0.294. The van der Waals surface area contributed by atoms with Crippen LogP contribution in [0.3, 0.4) is 0 Å². The van der Waals surface area contributed by atoms with E-state index in [-0.39, 0.29) is 26.4 Å². The minimum atomic E-state index is -4.09. The fourth-order valence-corrected chi connectivity index (χ4v) is 6.05. The van der Waals surface area contributed by atoms with Crippen LogP contribution < -0.4 is 14.4 Å². The maximum absolute atomic E-state index is 11.8. The number of phosphoric ester groups is 1. The number of benzene rings is 4. The summed E-state index contributed by atoms with van der Waals surface area (Å²) in [5, 5.41) is 18.6. The molecule has 0 radical (unpaired) electrons. The molecule has 0 fully saturated rings. The highest BCUT2D eigenvalue weighted by atomic mass is 31.2. The third-order valence-electron chi connectivity index (χ3n) is 7.56. The number of azo groups is 1. The summed E-state index contributed by atoms with van der Waals surface area (Å²) in [6, 6.07) is 29.9. The molecule has 0 aliphatic carbocycles. The number of para-hydroxylation sites is 1. The van der Waals surface area contributed by atoms with Crippen LogP contribution in [0.1, 0.15) is 20.8 Å². The van der Waals surface area contributed by atoms with Gasteiger partial charge in [-0.3, -0.25) is 9.05 Å². The van der Waals surface area contributed by atoms with Crippen LogP contribution in [0, 0.1) is 0 Å². The average molecular weight is 644 g/mol. The molecule has 0 saturated carbocycles. The molecule has 0 saturated heterocycles. The van der Waals surface area contributed by atoms with E-state index < -0.39 is 7.82 Å². The maximum atomic E-state index is 11.8. The van der Waals surface area contributed by atoms with Crippen LogP contribution in [0.2, 0.25) is 0 Å². The molecule has 12 heteroatoms. The van der Waals surface area contributed by atoms with E-state index in [1.165, 1.54) is 0 Å². The van der Waals surface area contributed by atoms with Crippen LogP contribution in [0.15, 0.2) is 101 Å². The molecule has 1 atom stereocenters. The molecule has 11 nitrogen and oxygen atoms in total. The van der Waals surface area contributed by atoms with Crippen LogP contribution in [0.4, 0.5) is 22.7 Å². The number of nitrogens with zero attached hydrogens (tertiary/aromatic N) is 6. The maximum Gasteiger partial charge on any atom is 0.472 e. The summed E-state index contributed by atoms with van der Waals surface area (Å²) in [6.45, 7) is 8.31. The van der Waals surface area contributed by atoms with Crippen LogP contribution in [0.5, 0.6) is 0 Å². The van der Waals surface area contributed by atoms with Gasteiger partial charge >= 0.3 is 7.82 Å². The van der Waals surface area contributed by atoms with Crippen molar-refractivity contribution in [3.63, 3.8) is 0 Å². The largest absolute Gasteiger partial charge is 0.472 e. The standard InChI is InChI=1S/C34H39N6O5P/c1-4-38(5-2)30-17-19-32-34(25-30)40(29-10-8-7-9-11-29)33-24-27(14-18-31(33)35-32)37-36-26-12-15-28(16-13-26)39(20-22-41)21-23-45-46(42,43)44-6-3/h7-19,24-25,41H,4-6,20-23H2,1-3H3/p+1. The Kier molecular flexibility index (Phi) is 11.1. The molecular weight excluding hydrogens is 603 g/mol. The molecule has 5 rings (SSSR count). The van der Waals surface area contributed by atoms with Crippen molar-refractivity contribution in [2.75, 3.05) is 55.8 Å². The summed E-state index contributed by atoms with van der Waals surface area (Å²) in [5.74, 6) is 0. The topological polar surface area (TPSA) is 124 Å². The molecule has 4 aromatic carbocycles.